The van der Waals surface area contributed by atoms with Crippen LogP contribution in [0.2, 0.25) is 5.02 Å². The third-order valence-corrected chi connectivity index (χ3v) is 8.19. The first-order chi connectivity index (χ1) is 20.0. The fourth-order valence-corrected chi connectivity index (χ4v) is 5.98. The van der Waals surface area contributed by atoms with Crippen LogP contribution in [0.25, 0.3) is 33.5 Å². The third-order valence-electron chi connectivity index (χ3n) is 7.95. The summed E-state index contributed by atoms with van der Waals surface area (Å²) in [6.07, 6.45) is 5.81. The molecule has 208 valence electrons. The van der Waals surface area contributed by atoms with Gasteiger partial charge in [0, 0.05) is 23.2 Å². The number of ether oxygens (including phenoxy) is 1. The van der Waals surface area contributed by atoms with Crippen molar-refractivity contribution in [3.8, 4) is 28.3 Å². The van der Waals surface area contributed by atoms with Crippen LogP contribution in [0.4, 0.5) is 0 Å². The van der Waals surface area contributed by atoms with Crippen molar-refractivity contribution in [2.75, 3.05) is 0 Å². The van der Waals surface area contributed by atoms with E-state index in [9.17, 15) is 9.90 Å². The van der Waals surface area contributed by atoms with Gasteiger partial charge in [0.05, 0.1) is 16.6 Å². The average Bonchev–Trinajstić information content (AvgIpc) is 3.40. The van der Waals surface area contributed by atoms with Crippen molar-refractivity contribution in [3.05, 3.63) is 107 Å². The second kappa shape index (κ2) is 11.8. The number of aromatic carboxylic acids is 1. The molecule has 1 aliphatic rings. The average molecular weight is 566 g/mol. The molecule has 0 amide bonds. The lowest BCUT2D eigenvalue weighted by molar-refractivity contribution is 0.0697. The van der Waals surface area contributed by atoms with Crippen LogP contribution in [0.15, 0.2) is 84.9 Å². The van der Waals surface area contributed by atoms with E-state index in [1.807, 2.05) is 60.7 Å². The maximum atomic E-state index is 11.6. The Morgan fingerprint density at radius 2 is 1.66 bits per heavy atom. The zero-order valence-corrected chi connectivity index (χ0v) is 23.5. The van der Waals surface area contributed by atoms with Gasteiger partial charge in [0.15, 0.2) is 0 Å². The summed E-state index contributed by atoms with van der Waals surface area (Å²) in [4.78, 5) is 16.5. The molecule has 6 nitrogen and oxygen atoms in total. The van der Waals surface area contributed by atoms with Gasteiger partial charge in [-0.25, -0.2) is 9.78 Å². The lowest BCUT2D eigenvalue weighted by atomic mass is 9.95. The van der Waals surface area contributed by atoms with Crippen LogP contribution >= 0.6 is 11.6 Å². The van der Waals surface area contributed by atoms with Gasteiger partial charge in [-0.15, -0.1) is 0 Å². The Morgan fingerprint density at radius 3 is 2.37 bits per heavy atom. The fourth-order valence-electron chi connectivity index (χ4n) is 5.79. The number of benzene rings is 4. The monoisotopic (exact) mass is 565 g/mol. The Morgan fingerprint density at radius 1 is 0.927 bits per heavy atom. The Balaban J connectivity index is 1.27. The number of carbonyl (C=O) groups is 1. The summed E-state index contributed by atoms with van der Waals surface area (Å²) in [5.41, 5.74) is 12.9. The second-order valence-corrected chi connectivity index (χ2v) is 11.1. The minimum absolute atomic E-state index is 0.247. The summed E-state index contributed by atoms with van der Waals surface area (Å²) in [7, 11) is 0. The molecule has 4 aromatic carbocycles. The highest BCUT2D eigenvalue weighted by molar-refractivity contribution is 6.30. The molecule has 0 unspecified atom stereocenters. The standard InChI is InChI=1S/C34H32ClN3O3/c35-27-13-16-30(23-8-6-22(20-36)7-9-23)26(18-27)21-41-29-14-10-24(11-15-29)33-37-31-19-25(34(39)40)12-17-32(31)38(33)28-4-2-1-3-5-28/h6-19,28H,1-5,20-21,36H2,(H,39,40). The molecule has 1 aliphatic carbocycles. The number of rotatable bonds is 8. The predicted molar refractivity (Wildman–Crippen MR) is 163 cm³/mol. The smallest absolute Gasteiger partial charge is 0.335 e. The number of imidazole rings is 1. The fraction of sp³-hybridized carbons (Fsp3) is 0.235. The van der Waals surface area contributed by atoms with Crippen molar-refractivity contribution in [2.45, 2.75) is 51.3 Å². The molecule has 0 atom stereocenters. The molecular formula is C34H32ClN3O3. The maximum absolute atomic E-state index is 11.6. The van der Waals surface area contributed by atoms with E-state index in [1.54, 1.807) is 12.1 Å². The van der Waals surface area contributed by atoms with Gasteiger partial charge >= 0.3 is 5.97 Å². The number of nitrogens with zero attached hydrogens (tertiary/aromatic N) is 2. The van der Waals surface area contributed by atoms with E-state index >= 15 is 0 Å². The Bertz CT molecular complexity index is 1690. The number of hydrogen-bond acceptors (Lipinski definition) is 4. The molecule has 1 fully saturated rings. The lowest BCUT2D eigenvalue weighted by Crippen LogP contribution is -2.14. The van der Waals surface area contributed by atoms with Crippen LogP contribution in [0.5, 0.6) is 5.75 Å². The van der Waals surface area contributed by atoms with Gasteiger partial charge in [0.2, 0.25) is 0 Å². The van der Waals surface area contributed by atoms with Crippen molar-refractivity contribution in [1.82, 2.24) is 9.55 Å². The van der Waals surface area contributed by atoms with E-state index in [1.165, 1.54) is 19.3 Å². The molecule has 1 heterocycles. The third kappa shape index (κ3) is 5.71. The summed E-state index contributed by atoms with van der Waals surface area (Å²) in [5, 5.41) is 10.2. The molecule has 3 N–H and O–H groups in total. The molecule has 0 saturated heterocycles. The summed E-state index contributed by atoms with van der Waals surface area (Å²) < 4.78 is 8.53. The molecular weight excluding hydrogens is 534 g/mol. The number of aromatic nitrogens is 2. The summed E-state index contributed by atoms with van der Waals surface area (Å²) >= 11 is 6.35. The molecule has 41 heavy (non-hydrogen) atoms. The largest absolute Gasteiger partial charge is 0.489 e. The zero-order valence-electron chi connectivity index (χ0n) is 22.7. The maximum Gasteiger partial charge on any atom is 0.335 e. The highest BCUT2D eigenvalue weighted by Gasteiger charge is 2.23. The van der Waals surface area contributed by atoms with Crippen LogP contribution < -0.4 is 10.5 Å². The van der Waals surface area contributed by atoms with Gasteiger partial charge in [-0.3, -0.25) is 0 Å². The number of carboxylic acids is 1. The van der Waals surface area contributed by atoms with Crippen LogP contribution in [-0.2, 0) is 13.2 Å². The molecule has 5 aromatic rings. The van der Waals surface area contributed by atoms with E-state index in [4.69, 9.17) is 27.1 Å². The number of carboxylic acid groups (broad SMARTS) is 1. The first-order valence-electron chi connectivity index (χ1n) is 14.1. The second-order valence-electron chi connectivity index (χ2n) is 10.6. The van der Waals surface area contributed by atoms with E-state index in [2.05, 4.69) is 16.7 Å². The Kier molecular flexibility index (Phi) is 7.77. The minimum Gasteiger partial charge on any atom is -0.489 e. The Hall–Kier alpha value is -4.13. The van der Waals surface area contributed by atoms with Crippen molar-refractivity contribution in [2.24, 2.45) is 5.73 Å². The minimum atomic E-state index is -0.947. The van der Waals surface area contributed by atoms with E-state index in [0.717, 1.165) is 57.7 Å². The molecule has 6 rings (SSSR count). The first-order valence-corrected chi connectivity index (χ1v) is 14.4. The van der Waals surface area contributed by atoms with E-state index in [-0.39, 0.29) is 5.56 Å². The normalized spacial score (nSPS) is 13.9. The van der Waals surface area contributed by atoms with Crippen LogP contribution in [0, 0.1) is 0 Å². The molecule has 0 bridgehead atoms. The molecule has 0 spiro atoms. The van der Waals surface area contributed by atoms with Gasteiger partial charge in [0.1, 0.15) is 18.2 Å². The van der Waals surface area contributed by atoms with E-state index in [0.29, 0.717) is 29.7 Å². The Labute approximate surface area is 244 Å². The molecule has 1 aromatic heterocycles. The number of nitrogens with two attached hydrogens (primary N) is 1. The van der Waals surface area contributed by atoms with Gasteiger partial charge in [-0.05, 0) is 89.7 Å². The molecule has 7 heteroatoms. The number of fused-ring (bicyclic) bond motifs is 1. The van der Waals surface area contributed by atoms with Crippen LogP contribution in [0.1, 0.15) is 59.6 Å². The summed E-state index contributed by atoms with van der Waals surface area (Å²) in [5.74, 6) is 0.656. The molecule has 1 saturated carbocycles. The zero-order chi connectivity index (χ0) is 28.3. The number of hydrogen-bond donors (Lipinski definition) is 2. The van der Waals surface area contributed by atoms with Crippen molar-refractivity contribution in [1.29, 1.82) is 0 Å². The topological polar surface area (TPSA) is 90.4 Å². The van der Waals surface area contributed by atoms with Gasteiger partial charge in [-0.2, -0.15) is 0 Å². The summed E-state index contributed by atoms with van der Waals surface area (Å²) in [6.45, 7) is 0.875. The molecule has 0 radical (unpaired) electrons. The van der Waals surface area contributed by atoms with Crippen LogP contribution in [-0.4, -0.2) is 20.6 Å². The first kappa shape index (κ1) is 27.1. The van der Waals surface area contributed by atoms with Gasteiger partial charge < -0.3 is 20.1 Å². The van der Waals surface area contributed by atoms with Gasteiger partial charge in [0.25, 0.3) is 0 Å². The lowest BCUT2D eigenvalue weighted by Gasteiger charge is -2.25. The quantitative estimate of drug-likeness (QED) is 0.197. The van der Waals surface area contributed by atoms with Gasteiger partial charge in [-0.1, -0.05) is 61.2 Å². The van der Waals surface area contributed by atoms with E-state index < -0.39 is 5.97 Å². The van der Waals surface area contributed by atoms with Crippen molar-refractivity contribution >= 4 is 28.6 Å². The molecule has 0 aliphatic heterocycles. The van der Waals surface area contributed by atoms with Crippen molar-refractivity contribution < 1.29 is 14.6 Å². The SMILES string of the molecule is NCc1ccc(-c2ccc(Cl)cc2COc2ccc(-c3nc4cc(C(=O)O)ccc4n3C3CCCCC3)cc2)cc1. The summed E-state index contributed by atoms with van der Waals surface area (Å²) in [6, 6.07) is 27.6. The van der Waals surface area contributed by atoms with Crippen LogP contribution in [0.3, 0.4) is 0 Å². The highest BCUT2D eigenvalue weighted by atomic mass is 35.5. The number of halogens is 1. The van der Waals surface area contributed by atoms with Crippen molar-refractivity contribution in [3.63, 3.8) is 0 Å². The predicted octanol–water partition coefficient (Wildman–Crippen LogP) is 8.26. The highest BCUT2D eigenvalue weighted by Crippen LogP contribution is 2.37.